The predicted molar refractivity (Wildman–Crippen MR) is 58.4 cm³/mol. The molecule has 0 aliphatic carbocycles. The van der Waals surface area contributed by atoms with E-state index in [0.29, 0.717) is 11.5 Å². The summed E-state index contributed by atoms with van der Waals surface area (Å²) in [5.41, 5.74) is 0.495. The molecule has 14 heavy (non-hydrogen) atoms. The first-order valence-corrected chi connectivity index (χ1v) is 5.90. The zero-order chi connectivity index (χ0) is 10.2. The predicted octanol–water partition coefficient (Wildman–Crippen LogP) is 2.29. The molecule has 2 atom stereocenters. The molecule has 0 N–H and O–H groups in total. The van der Waals surface area contributed by atoms with Crippen LogP contribution in [0.25, 0.3) is 0 Å². The minimum Gasteiger partial charge on any atom is -0.375 e. The summed E-state index contributed by atoms with van der Waals surface area (Å²) in [6.07, 6.45) is 4.53. The standard InChI is InChI=1S/C12H23NO/c1-12(2,3)5-4-6-13-8-11-7-10(13)9-14-11/h10-11H,4-9H2,1-3H3/t10-,11?/m1/s1. The van der Waals surface area contributed by atoms with Gasteiger partial charge in [-0.25, -0.2) is 0 Å². The summed E-state index contributed by atoms with van der Waals surface area (Å²) in [6.45, 7) is 10.4. The van der Waals surface area contributed by atoms with Crippen molar-refractivity contribution in [1.29, 1.82) is 0 Å². The van der Waals surface area contributed by atoms with Crippen LogP contribution in [0, 0.1) is 5.41 Å². The van der Waals surface area contributed by atoms with Crippen LogP contribution >= 0.6 is 0 Å². The Morgan fingerprint density at radius 3 is 2.64 bits per heavy atom. The van der Waals surface area contributed by atoms with Crippen LogP contribution in [0.15, 0.2) is 0 Å². The molecular formula is C12H23NO. The van der Waals surface area contributed by atoms with Gasteiger partial charge in [-0.2, -0.15) is 0 Å². The number of hydrogen-bond acceptors (Lipinski definition) is 2. The lowest BCUT2D eigenvalue weighted by Crippen LogP contribution is -2.37. The molecule has 2 rings (SSSR count). The lowest BCUT2D eigenvalue weighted by Gasteiger charge is -2.28. The highest BCUT2D eigenvalue weighted by Crippen LogP contribution is 2.29. The van der Waals surface area contributed by atoms with E-state index in [-0.39, 0.29) is 0 Å². The van der Waals surface area contributed by atoms with Gasteiger partial charge in [-0.3, -0.25) is 4.90 Å². The van der Waals surface area contributed by atoms with Crippen LogP contribution in [0.1, 0.15) is 40.0 Å². The van der Waals surface area contributed by atoms with Crippen molar-refractivity contribution in [1.82, 2.24) is 4.90 Å². The van der Waals surface area contributed by atoms with Gasteiger partial charge in [0.15, 0.2) is 0 Å². The van der Waals surface area contributed by atoms with Crippen LogP contribution in [0.2, 0.25) is 0 Å². The Bertz CT molecular complexity index is 197. The van der Waals surface area contributed by atoms with E-state index in [4.69, 9.17) is 4.74 Å². The largest absolute Gasteiger partial charge is 0.375 e. The van der Waals surface area contributed by atoms with Crippen LogP contribution in [-0.4, -0.2) is 36.7 Å². The second-order valence-corrected chi connectivity index (χ2v) is 6.00. The number of likely N-dealkylation sites (tertiary alicyclic amines) is 1. The highest BCUT2D eigenvalue weighted by Gasteiger charge is 2.38. The number of hydrogen-bond donors (Lipinski definition) is 0. The zero-order valence-electron chi connectivity index (χ0n) is 9.75. The lowest BCUT2D eigenvalue weighted by molar-refractivity contribution is 0.0292. The average Bonchev–Trinajstić information content (AvgIpc) is 2.62. The fourth-order valence-corrected chi connectivity index (χ4v) is 2.57. The molecule has 0 aromatic rings. The molecule has 2 nitrogen and oxygen atoms in total. The third kappa shape index (κ3) is 2.48. The van der Waals surface area contributed by atoms with Crippen LogP contribution in [0.4, 0.5) is 0 Å². The Morgan fingerprint density at radius 2 is 2.14 bits per heavy atom. The highest BCUT2D eigenvalue weighted by molar-refractivity contribution is 4.91. The van der Waals surface area contributed by atoms with Gasteiger partial charge in [0, 0.05) is 12.6 Å². The van der Waals surface area contributed by atoms with Crippen molar-refractivity contribution in [2.75, 3.05) is 19.7 Å². The zero-order valence-corrected chi connectivity index (χ0v) is 9.75. The number of morpholine rings is 1. The van der Waals surface area contributed by atoms with Crippen molar-refractivity contribution in [3.05, 3.63) is 0 Å². The molecule has 1 unspecified atom stereocenters. The first-order valence-electron chi connectivity index (χ1n) is 5.90. The molecule has 2 aliphatic heterocycles. The van der Waals surface area contributed by atoms with Gasteiger partial charge in [0.05, 0.1) is 12.7 Å². The van der Waals surface area contributed by atoms with E-state index in [0.717, 1.165) is 12.6 Å². The van der Waals surface area contributed by atoms with Gasteiger partial charge in [-0.15, -0.1) is 0 Å². The van der Waals surface area contributed by atoms with Crippen molar-refractivity contribution >= 4 is 0 Å². The molecule has 0 radical (unpaired) electrons. The first kappa shape index (κ1) is 10.4. The fourth-order valence-electron chi connectivity index (χ4n) is 2.57. The lowest BCUT2D eigenvalue weighted by atomic mass is 9.90. The molecule has 2 fully saturated rings. The van der Waals surface area contributed by atoms with Gasteiger partial charge in [0.1, 0.15) is 0 Å². The van der Waals surface area contributed by atoms with Crippen molar-refractivity contribution in [2.45, 2.75) is 52.2 Å². The Hall–Kier alpha value is -0.0800. The Morgan fingerprint density at radius 1 is 1.36 bits per heavy atom. The third-order valence-electron chi connectivity index (χ3n) is 3.39. The smallest absolute Gasteiger partial charge is 0.0718 e. The van der Waals surface area contributed by atoms with Gasteiger partial charge >= 0.3 is 0 Å². The van der Waals surface area contributed by atoms with E-state index in [1.54, 1.807) is 0 Å². The molecule has 2 saturated heterocycles. The number of nitrogens with zero attached hydrogens (tertiary/aromatic N) is 1. The second kappa shape index (κ2) is 3.82. The van der Waals surface area contributed by atoms with Gasteiger partial charge in [0.25, 0.3) is 0 Å². The summed E-state index contributed by atoms with van der Waals surface area (Å²) in [6, 6.07) is 0.750. The van der Waals surface area contributed by atoms with Gasteiger partial charge in [-0.05, 0) is 31.2 Å². The molecule has 2 heterocycles. The molecule has 2 heteroatoms. The minimum atomic E-state index is 0.495. The Labute approximate surface area is 87.6 Å². The maximum atomic E-state index is 5.59. The molecule has 2 aliphatic rings. The molecule has 0 spiro atoms. The van der Waals surface area contributed by atoms with Crippen molar-refractivity contribution in [2.24, 2.45) is 5.41 Å². The topological polar surface area (TPSA) is 12.5 Å². The fraction of sp³-hybridized carbons (Fsp3) is 1.00. The molecule has 0 saturated carbocycles. The van der Waals surface area contributed by atoms with Crippen molar-refractivity contribution < 1.29 is 4.74 Å². The van der Waals surface area contributed by atoms with E-state index >= 15 is 0 Å². The summed E-state index contributed by atoms with van der Waals surface area (Å²) in [7, 11) is 0. The van der Waals surface area contributed by atoms with Crippen molar-refractivity contribution in [3.8, 4) is 0 Å². The Balaban J connectivity index is 1.67. The maximum Gasteiger partial charge on any atom is 0.0718 e. The first-order chi connectivity index (χ1) is 6.54. The van der Waals surface area contributed by atoms with Crippen LogP contribution in [0.5, 0.6) is 0 Å². The quantitative estimate of drug-likeness (QED) is 0.688. The summed E-state index contributed by atoms with van der Waals surface area (Å²) in [5.74, 6) is 0. The SMILES string of the molecule is CC(C)(C)CCCN1CC2C[C@@H]1CO2. The molecule has 0 aromatic carbocycles. The summed E-state index contributed by atoms with van der Waals surface area (Å²) in [4.78, 5) is 2.62. The van der Waals surface area contributed by atoms with Crippen LogP contribution < -0.4 is 0 Å². The third-order valence-corrected chi connectivity index (χ3v) is 3.39. The Kier molecular flexibility index (Phi) is 2.85. The number of fused-ring (bicyclic) bond motifs is 2. The highest BCUT2D eigenvalue weighted by atomic mass is 16.5. The number of rotatable bonds is 3. The van der Waals surface area contributed by atoms with Gasteiger partial charge in [-0.1, -0.05) is 20.8 Å². The molecule has 82 valence electrons. The van der Waals surface area contributed by atoms with E-state index in [2.05, 4.69) is 25.7 Å². The molecular weight excluding hydrogens is 174 g/mol. The minimum absolute atomic E-state index is 0.495. The average molecular weight is 197 g/mol. The van der Waals surface area contributed by atoms with E-state index in [1.165, 1.54) is 32.4 Å². The van der Waals surface area contributed by atoms with Crippen LogP contribution in [0.3, 0.4) is 0 Å². The maximum absolute atomic E-state index is 5.59. The molecule has 0 amide bonds. The molecule has 2 bridgehead atoms. The van der Waals surface area contributed by atoms with Gasteiger partial charge < -0.3 is 4.74 Å². The summed E-state index contributed by atoms with van der Waals surface area (Å²) < 4.78 is 5.59. The summed E-state index contributed by atoms with van der Waals surface area (Å²) >= 11 is 0. The van der Waals surface area contributed by atoms with Crippen molar-refractivity contribution in [3.63, 3.8) is 0 Å². The normalized spacial score (nSPS) is 32.8. The van der Waals surface area contributed by atoms with Gasteiger partial charge in [0.2, 0.25) is 0 Å². The van der Waals surface area contributed by atoms with E-state index in [9.17, 15) is 0 Å². The monoisotopic (exact) mass is 197 g/mol. The van der Waals surface area contributed by atoms with Crippen LogP contribution in [-0.2, 0) is 4.74 Å². The molecule has 0 aromatic heterocycles. The summed E-state index contributed by atoms with van der Waals surface area (Å²) in [5, 5.41) is 0. The number of ether oxygens (including phenoxy) is 1. The van der Waals surface area contributed by atoms with E-state index < -0.39 is 0 Å². The van der Waals surface area contributed by atoms with E-state index in [1.807, 2.05) is 0 Å². The second-order valence-electron chi connectivity index (χ2n) is 6.00.